The van der Waals surface area contributed by atoms with E-state index >= 15 is 0 Å². The van der Waals surface area contributed by atoms with Crippen LogP contribution in [0.2, 0.25) is 0 Å². The molecule has 1 aromatic carbocycles. The third kappa shape index (κ3) is 5.07. The Labute approximate surface area is 164 Å². The summed E-state index contributed by atoms with van der Waals surface area (Å²) >= 11 is 0. The molecule has 1 aromatic rings. The summed E-state index contributed by atoms with van der Waals surface area (Å²) in [6.45, 7) is 3.34. The summed E-state index contributed by atoms with van der Waals surface area (Å²) in [5, 5.41) is 0. The standard InChI is InChI=1S/C17H24F2N2O5S2/c18-14-2-3-16(19)17(12-14)28(24,25)21(15-4-11-27(22,23)13-15)6-1-5-20-7-9-26-10-8-20/h2-3,12,15H,1,4-11,13H2. The molecule has 2 aliphatic heterocycles. The minimum atomic E-state index is -4.38. The molecule has 2 aliphatic rings. The first-order chi connectivity index (χ1) is 13.2. The molecule has 1 unspecified atom stereocenters. The van der Waals surface area contributed by atoms with Crippen molar-refractivity contribution >= 4 is 19.9 Å². The van der Waals surface area contributed by atoms with Gasteiger partial charge in [0, 0.05) is 25.7 Å². The third-order valence-electron chi connectivity index (χ3n) is 5.05. The second-order valence-electron chi connectivity index (χ2n) is 7.05. The SMILES string of the molecule is O=S1(=O)CCC(N(CCCN2CCOCC2)S(=O)(=O)c2cc(F)ccc2F)C1. The Hall–Kier alpha value is -1.14. The number of halogens is 2. The van der Waals surface area contributed by atoms with Crippen LogP contribution in [0.4, 0.5) is 8.78 Å². The second kappa shape index (κ2) is 8.70. The van der Waals surface area contributed by atoms with Crippen molar-refractivity contribution in [2.24, 2.45) is 0 Å². The number of morpholine rings is 1. The number of hydrogen-bond donors (Lipinski definition) is 0. The Balaban J connectivity index is 1.81. The average Bonchev–Trinajstić information content (AvgIpc) is 3.00. The van der Waals surface area contributed by atoms with Gasteiger partial charge in [-0.05, 0) is 37.6 Å². The average molecular weight is 439 g/mol. The maximum Gasteiger partial charge on any atom is 0.246 e. The summed E-state index contributed by atoms with van der Waals surface area (Å²) in [5.41, 5.74) is 0. The van der Waals surface area contributed by atoms with Gasteiger partial charge in [-0.15, -0.1) is 0 Å². The number of benzene rings is 1. The fourth-order valence-corrected chi connectivity index (χ4v) is 7.17. The highest BCUT2D eigenvalue weighted by atomic mass is 32.2. The fourth-order valence-electron chi connectivity index (χ4n) is 3.58. The summed E-state index contributed by atoms with van der Waals surface area (Å²) in [6, 6.07) is 1.47. The highest BCUT2D eigenvalue weighted by Crippen LogP contribution is 2.27. The number of sulfonamides is 1. The molecule has 0 saturated carbocycles. The first-order valence-electron chi connectivity index (χ1n) is 9.16. The third-order valence-corrected chi connectivity index (χ3v) is 8.77. The van der Waals surface area contributed by atoms with Crippen molar-refractivity contribution in [1.29, 1.82) is 0 Å². The van der Waals surface area contributed by atoms with Crippen molar-refractivity contribution in [2.75, 3.05) is 50.9 Å². The number of rotatable bonds is 7. The topological polar surface area (TPSA) is 84.0 Å². The second-order valence-corrected chi connectivity index (χ2v) is 11.1. The van der Waals surface area contributed by atoms with E-state index in [1.165, 1.54) is 0 Å². The van der Waals surface area contributed by atoms with Gasteiger partial charge in [0.1, 0.15) is 16.5 Å². The van der Waals surface area contributed by atoms with Gasteiger partial charge in [-0.25, -0.2) is 25.6 Å². The Morgan fingerprint density at radius 2 is 1.93 bits per heavy atom. The quantitative estimate of drug-likeness (QED) is 0.628. The Kier molecular flexibility index (Phi) is 6.70. The van der Waals surface area contributed by atoms with Crippen LogP contribution in [0.15, 0.2) is 23.1 Å². The molecule has 2 saturated heterocycles. The van der Waals surface area contributed by atoms with Crippen molar-refractivity contribution in [1.82, 2.24) is 9.21 Å². The van der Waals surface area contributed by atoms with Gasteiger partial charge in [-0.2, -0.15) is 4.31 Å². The molecule has 2 fully saturated rings. The fraction of sp³-hybridized carbons (Fsp3) is 0.647. The molecular weight excluding hydrogens is 414 g/mol. The van der Waals surface area contributed by atoms with Crippen LogP contribution in [0.3, 0.4) is 0 Å². The van der Waals surface area contributed by atoms with Crippen LogP contribution in [0.1, 0.15) is 12.8 Å². The van der Waals surface area contributed by atoms with Gasteiger partial charge in [0.05, 0.1) is 24.7 Å². The van der Waals surface area contributed by atoms with E-state index in [1.54, 1.807) is 0 Å². The van der Waals surface area contributed by atoms with Crippen LogP contribution in [0.5, 0.6) is 0 Å². The van der Waals surface area contributed by atoms with E-state index in [2.05, 4.69) is 4.90 Å². The molecular formula is C17H24F2N2O5S2. The van der Waals surface area contributed by atoms with Crippen molar-refractivity contribution in [3.8, 4) is 0 Å². The van der Waals surface area contributed by atoms with Crippen LogP contribution >= 0.6 is 0 Å². The lowest BCUT2D eigenvalue weighted by atomic mass is 10.2. The Bertz CT molecular complexity index is 902. The maximum atomic E-state index is 14.2. The van der Waals surface area contributed by atoms with E-state index in [1.807, 2.05) is 0 Å². The van der Waals surface area contributed by atoms with Crippen LogP contribution in [-0.4, -0.2) is 83.0 Å². The Morgan fingerprint density at radius 1 is 1.21 bits per heavy atom. The summed E-state index contributed by atoms with van der Waals surface area (Å²) in [7, 11) is -7.73. The van der Waals surface area contributed by atoms with Crippen LogP contribution in [0, 0.1) is 11.6 Å². The molecule has 0 N–H and O–H groups in total. The van der Waals surface area contributed by atoms with Gasteiger partial charge in [0.2, 0.25) is 10.0 Å². The van der Waals surface area contributed by atoms with E-state index in [4.69, 9.17) is 4.74 Å². The zero-order valence-corrected chi connectivity index (χ0v) is 17.0. The number of sulfone groups is 1. The van der Waals surface area contributed by atoms with Crippen LogP contribution in [-0.2, 0) is 24.6 Å². The van der Waals surface area contributed by atoms with Gasteiger partial charge in [-0.3, -0.25) is 4.90 Å². The first-order valence-corrected chi connectivity index (χ1v) is 12.4. The maximum absolute atomic E-state index is 14.2. The van der Waals surface area contributed by atoms with Crippen molar-refractivity contribution in [3.05, 3.63) is 29.8 Å². The van der Waals surface area contributed by atoms with Gasteiger partial charge in [0.15, 0.2) is 9.84 Å². The largest absolute Gasteiger partial charge is 0.379 e. The zero-order valence-electron chi connectivity index (χ0n) is 15.4. The Morgan fingerprint density at radius 3 is 2.57 bits per heavy atom. The number of ether oxygens (including phenoxy) is 1. The monoisotopic (exact) mass is 438 g/mol. The molecule has 0 aromatic heterocycles. The van der Waals surface area contributed by atoms with Crippen molar-refractivity contribution in [3.63, 3.8) is 0 Å². The minimum Gasteiger partial charge on any atom is -0.379 e. The molecule has 158 valence electrons. The lowest BCUT2D eigenvalue weighted by molar-refractivity contribution is 0.0367. The molecule has 28 heavy (non-hydrogen) atoms. The predicted octanol–water partition coefficient (Wildman–Crippen LogP) is 0.865. The van der Waals surface area contributed by atoms with E-state index in [-0.39, 0.29) is 24.5 Å². The van der Waals surface area contributed by atoms with Gasteiger partial charge < -0.3 is 4.74 Å². The van der Waals surface area contributed by atoms with Gasteiger partial charge in [-0.1, -0.05) is 0 Å². The van der Waals surface area contributed by atoms with E-state index in [0.29, 0.717) is 32.2 Å². The van der Waals surface area contributed by atoms with Crippen molar-refractivity contribution in [2.45, 2.75) is 23.8 Å². The summed E-state index contributed by atoms with van der Waals surface area (Å²) in [5.74, 6) is -2.34. The molecule has 0 amide bonds. The molecule has 11 heteroatoms. The van der Waals surface area contributed by atoms with Crippen LogP contribution < -0.4 is 0 Å². The van der Waals surface area contributed by atoms with E-state index < -0.39 is 42.4 Å². The summed E-state index contributed by atoms with van der Waals surface area (Å²) < 4.78 is 83.9. The number of nitrogens with zero attached hydrogens (tertiary/aromatic N) is 2. The molecule has 3 rings (SSSR count). The minimum absolute atomic E-state index is 0.0375. The van der Waals surface area contributed by atoms with E-state index in [0.717, 1.165) is 29.5 Å². The summed E-state index contributed by atoms with van der Waals surface area (Å²) in [4.78, 5) is 1.37. The first kappa shape index (κ1) is 21.6. The van der Waals surface area contributed by atoms with Gasteiger partial charge >= 0.3 is 0 Å². The lowest BCUT2D eigenvalue weighted by Gasteiger charge is -2.30. The normalized spacial score (nSPS) is 23.3. The van der Waals surface area contributed by atoms with Crippen LogP contribution in [0.25, 0.3) is 0 Å². The smallest absolute Gasteiger partial charge is 0.246 e. The van der Waals surface area contributed by atoms with Gasteiger partial charge in [0.25, 0.3) is 0 Å². The lowest BCUT2D eigenvalue weighted by Crippen LogP contribution is -2.44. The highest BCUT2D eigenvalue weighted by Gasteiger charge is 2.39. The number of hydrogen-bond acceptors (Lipinski definition) is 6. The van der Waals surface area contributed by atoms with Crippen molar-refractivity contribution < 1.29 is 30.4 Å². The molecule has 7 nitrogen and oxygen atoms in total. The molecule has 1 atom stereocenters. The van der Waals surface area contributed by atoms with E-state index in [9.17, 15) is 25.6 Å². The molecule has 0 radical (unpaired) electrons. The molecule has 2 heterocycles. The molecule has 0 bridgehead atoms. The molecule has 0 spiro atoms. The highest BCUT2D eigenvalue weighted by molar-refractivity contribution is 7.92. The predicted molar refractivity (Wildman–Crippen MR) is 99.2 cm³/mol. The summed E-state index contributed by atoms with van der Waals surface area (Å²) in [6.07, 6.45) is 0.600. The zero-order chi connectivity index (χ0) is 20.4. The molecule has 0 aliphatic carbocycles.